The summed E-state index contributed by atoms with van der Waals surface area (Å²) in [6.45, 7) is 0.458. The lowest BCUT2D eigenvalue weighted by molar-refractivity contribution is -0.138. The Hall–Kier alpha value is -3.59. The summed E-state index contributed by atoms with van der Waals surface area (Å²) >= 11 is 0. The zero-order valence-electron chi connectivity index (χ0n) is 15.1. The average Bonchev–Trinajstić information content (AvgIpc) is 2.95. The molecule has 0 radical (unpaired) electrons. The van der Waals surface area contributed by atoms with Crippen LogP contribution in [-0.4, -0.2) is 31.4 Å². The Morgan fingerprint density at radius 1 is 1.30 bits per heavy atom. The lowest BCUT2D eigenvalue weighted by atomic mass is 10.1. The van der Waals surface area contributed by atoms with Gasteiger partial charge in [0.1, 0.15) is 11.9 Å². The number of anilines is 1. The van der Waals surface area contributed by atoms with Gasteiger partial charge in [0.05, 0.1) is 34.9 Å². The first-order valence-electron chi connectivity index (χ1n) is 8.25. The van der Waals surface area contributed by atoms with Crippen molar-refractivity contribution in [3.05, 3.63) is 53.5 Å². The number of nitrogens with zero attached hydrogens (tertiary/aromatic N) is 4. The molecule has 0 aliphatic carbocycles. The van der Waals surface area contributed by atoms with Gasteiger partial charge in [0.2, 0.25) is 5.95 Å². The minimum Gasteiger partial charge on any atom is -0.378 e. The zero-order valence-corrected chi connectivity index (χ0v) is 15.1. The van der Waals surface area contributed by atoms with Gasteiger partial charge in [-0.3, -0.25) is 9.48 Å². The molecule has 0 aliphatic heterocycles. The van der Waals surface area contributed by atoms with E-state index in [1.807, 2.05) is 0 Å². The normalized spacial score (nSPS) is 13.7. The molecule has 0 aliphatic rings. The van der Waals surface area contributed by atoms with Crippen molar-refractivity contribution < 1.29 is 31.9 Å². The molecule has 0 saturated carbocycles. The molecular formula is C18H12F5N5O2. The van der Waals surface area contributed by atoms with Crippen molar-refractivity contribution in [3.8, 4) is 6.07 Å². The number of pyridine rings is 1. The molecule has 0 fully saturated rings. The molecule has 0 unspecified atom stereocenters. The third-order valence-corrected chi connectivity index (χ3v) is 4.17. The van der Waals surface area contributed by atoms with Crippen LogP contribution in [0.1, 0.15) is 18.2 Å². The van der Waals surface area contributed by atoms with Crippen LogP contribution in [0.2, 0.25) is 0 Å². The fraction of sp³-hybridized carbons (Fsp3) is 0.222. The van der Waals surface area contributed by atoms with Crippen molar-refractivity contribution >= 4 is 22.5 Å². The van der Waals surface area contributed by atoms with Crippen molar-refractivity contribution in [1.29, 1.82) is 5.26 Å². The number of nitrogens with one attached hydrogen (secondary N) is 1. The van der Waals surface area contributed by atoms with E-state index in [0.29, 0.717) is 6.07 Å². The maximum Gasteiger partial charge on any atom is 0.419 e. The number of hydrogen-bond donors (Lipinski definition) is 2. The maximum atomic E-state index is 13.9. The Bertz CT molecular complexity index is 1180. The second kappa shape index (κ2) is 7.34. The van der Waals surface area contributed by atoms with Gasteiger partial charge in [0.15, 0.2) is 11.3 Å². The van der Waals surface area contributed by atoms with Crippen LogP contribution >= 0.6 is 0 Å². The van der Waals surface area contributed by atoms with Gasteiger partial charge in [-0.05, 0) is 31.2 Å². The highest BCUT2D eigenvalue weighted by Crippen LogP contribution is 2.32. The molecule has 2 heterocycles. The third kappa shape index (κ3) is 4.06. The summed E-state index contributed by atoms with van der Waals surface area (Å²) in [5, 5.41) is 24.7. The van der Waals surface area contributed by atoms with Crippen LogP contribution in [0.25, 0.3) is 10.9 Å². The smallest absolute Gasteiger partial charge is 0.378 e. The minimum absolute atomic E-state index is 0.0985. The van der Waals surface area contributed by atoms with Crippen molar-refractivity contribution in [2.45, 2.75) is 25.2 Å². The van der Waals surface area contributed by atoms with Gasteiger partial charge >= 0.3 is 6.18 Å². The summed E-state index contributed by atoms with van der Waals surface area (Å²) in [4.78, 5) is 15.8. The van der Waals surface area contributed by atoms with E-state index in [-0.39, 0.29) is 10.9 Å². The SMILES string of the molecule is C[C@](O)(Cn1nc(F)c2cc(F)ccc21)C(=O)Nc1cnc(C#N)c(C(F)(F)F)c1. The van der Waals surface area contributed by atoms with Crippen LogP contribution < -0.4 is 5.32 Å². The second-order valence-corrected chi connectivity index (χ2v) is 6.57. The largest absolute Gasteiger partial charge is 0.419 e. The van der Waals surface area contributed by atoms with E-state index >= 15 is 0 Å². The van der Waals surface area contributed by atoms with E-state index in [9.17, 15) is 31.9 Å². The van der Waals surface area contributed by atoms with E-state index in [0.717, 1.165) is 29.9 Å². The quantitative estimate of drug-likeness (QED) is 0.626. The fourth-order valence-corrected chi connectivity index (χ4v) is 2.70. The van der Waals surface area contributed by atoms with Gasteiger partial charge in [-0.1, -0.05) is 0 Å². The first-order valence-corrected chi connectivity index (χ1v) is 8.25. The second-order valence-electron chi connectivity index (χ2n) is 6.57. The summed E-state index contributed by atoms with van der Waals surface area (Å²) < 4.78 is 67.2. The van der Waals surface area contributed by atoms with Gasteiger partial charge in [-0.2, -0.15) is 22.8 Å². The molecule has 3 aromatic rings. The van der Waals surface area contributed by atoms with Crippen molar-refractivity contribution in [1.82, 2.24) is 14.8 Å². The van der Waals surface area contributed by atoms with Crippen LogP contribution in [0.5, 0.6) is 0 Å². The Balaban J connectivity index is 1.86. The summed E-state index contributed by atoms with van der Waals surface area (Å²) in [5.74, 6) is -2.86. The first kappa shape index (κ1) is 21.1. The maximum absolute atomic E-state index is 13.9. The predicted octanol–water partition coefficient (Wildman–Crippen LogP) is 2.99. The number of alkyl halides is 3. The van der Waals surface area contributed by atoms with Crippen molar-refractivity contribution in [2.24, 2.45) is 0 Å². The zero-order chi connectivity index (χ0) is 22.3. The molecule has 1 amide bonds. The minimum atomic E-state index is -4.89. The van der Waals surface area contributed by atoms with E-state index < -0.39 is 52.9 Å². The lowest BCUT2D eigenvalue weighted by Crippen LogP contribution is -2.44. The van der Waals surface area contributed by atoms with Gasteiger partial charge < -0.3 is 10.4 Å². The third-order valence-electron chi connectivity index (χ3n) is 4.17. The summed E-state index contributed by atoms with van der Waals surface area (Å²) in [6.07, 6.45) is -4.06. The van der Waals surface area contributed by atoms with Gasteiger partial charge in [0, 0.05) is 0 Å². The molecule has 1 aromatic carbocycles. The molecule has 156 valence electrons. The molecule has 2 aromatic heterocycles. The predicted molar refractivity (Wildman–Crippen MR) is 92.9 cm³/mol. The number of benzene rings is 1. The number of amides is 1. The van der Waals surface area contributed by atoms with E-state index in [1.54, 1.807) is 0 Å². The van der Waals surface area contributed by atoms with Crippen LogP contribution in [0.3, 0.4) is 0 Å². The molecule has 30 heavy (non-hydrogen) atoms. The van der Waals surface area contributed by atoms with Gasteiger partial charge in [-0.15, -0.1) is 5.10 Å². The number of aliphatic hydroxyl groups is 1. The number of aromatic nitrogens is 3. The highest BCUT2D eigenvalue weighted by Gasteiger charge is 2.36. The number of halogens is 5. The molecule has 7 nitrogen and oxygen atoms in total. The molecule has 0 spiro atoms. The van der Waals surface area contributed by atoms with Gasteiger partial charge in [0.25, 0.3) is 5.91 Å². The lowest BCUT2D eigenvalue weighted by Gasteiger charge is -2.23. The number of nitriles is 1. The van der Waals surface area contributed by atoms with Crippen molar-refractivity contribution in [3.63, 3.8) is 0 Å². The molecule has 12 heteroatoms. The number of carbonyl (C=O) groups excluding carboxylic acids is 1. The number of hydrogen-bond acceptors (Lipinski definition) is 5. The van der Waals surface area contributed by atoms with Crippen LogP contribution in [0.15, 0.2) is 30.5 Å². The highest BCUT2D eigenvalue weighted by atomic mass is 19.4. The summed E-state index contributed by atoms with van der Waals surface area (Å²) in [6, 6.07) is 4.94. The van der Waals surface area contributed by atoms with Crippen LogP contribution in [-0.2, 0) is 17.5 Å². The Morgan fingerprint density at radius 2 is 2.00 bits per heavy atom. The van der Waals surface area contributed by atoms with E-state index in [2.05, 4.69) is 15.4 Å². The molecule has 1 atom stereocenters. The average molecular weight is 425 g/mol. The highest BCUT2D eigenvalue weighted by molar-refractivity contribution is 5.96. The van der Waals surface area contributed by atoms with E-state index in [4.69, 9.17) is 5.26 Å². The van der Waals surface area contributed by atoms with Crippen molar-refractivity contribution in [2.75, 3.05) is 5.32 Å². The standard InChI is InChI=1S/C18H12F5N5O2/c1-17(30,8-28-14-3-2-9(19)4-11(14)15(20)27-28)16(29)26-10-5-12(18(21,22)23)13(6-24)25-7-10/h2-5,7,30H,8H2,1H3,(H,26,29)/t17-/m0/s1. The van der Waals surface area contributed by atoms with E-state index in [1.165, 1.54) is 12.1 Å². The molecule has 0 saturated heterocycles. The van der Waals surface area contributed by atoms with Gasteiger partial charge in [-0.25, -0.2) is 9.37 Å². The topological polar surface area (TPSA) is 104 Å². The summed E-state index contributed by atoms with van der Waals surface area (Å²) in [5.41, 5.74) is -4.79. The summed E-state index contributed by atoms with van der Waals surface area (Å²) in [7, 11) is 0. The Kier molecular flexibility index (Phi) is 5.17. The Morgan fingerprint density at radius 3 is 2.63 bits per heavy atom. The first-order chi connectivity index (χ1) is 13.9. The fourth-order valence-electron chi connectivity index (χ4n) is 2.70. The molecule has 3 rings (SSSR count). The Labute approximate surface area is 165 Å². The number of rotatable bonds is 4. The molecule has 2 N–H and O–H groups in total. The number of carbonyl (C=O) groups is 1. The van der Waals surface area contributed by atoms with Crippen LogP contribution in [0.4, 0.5) is 27.6 Å². The monoisotopic (exact) mass is 425 g/mol. The molecular weight excluding hydrogens is 413 g/mol. The number of fused-ring (bicyclic) bond motifs is 1. The molecule has 0 bridgehead atoms. The van der Waals surface area contributed by atoms with Crippen LogP contribution in [0, 0.1) is 23.1 Å².